The smallest absolute Gasteiger partial charge is 0.243 e. The maximum absolute atomic E-state index is 11.4. The quantitative estimate of drug-likeness (QED) is 0.487. The highest BCUT2D eigenvalue weighted by Gasteiger charge is 2.16. The van der Waals surface area contributed by atoms with Crippen LogP contribution in [-0.4, -0.2) is 39.3 Å². The molecule has 1 saturated heterocycles. The highest BCUT2D eigenvalue weighted by molar-refractivity contribution is 5.75. The third kappa shape index (κ3) is 5.71. The van der Waals surface area contributed by atoms with Gasteiger partial charge in [-0.05, 0) is 31.8 Å². The number of hydrogen-bond donors (Lipinski definition) is 2. The molecule has 1 aliphatic heterocycles. The Morgan fingerprint density at radius 3 is 2.80 bits per heavy atom. The van der Waals surface area contributed by atoms with Crippen molar-refractivity contribution < 1.29 is 14.4 Å². The van der Waals surface area contributed by atoms with E-state index >= 15 is 0 Å². The van der Waals surface area contributed by atoms with Gasteiger partial charge in [-0.15, -0.1) is 0 Å². The topological polar surface area (TPSA) is 59.6 Å². The van der Waals surface area contributed by atoms with Gasteiger partial charge in [-0.25, -0.2) is 5.48 Å². The summed E-state index contributed by atoms with van der Waals surface area (Å²) in [4.78, 5) is 16.3. The minimum Gasteiger partial charge on any atom is -0.382 e. The Morgan fingerprint density at radius 1 is 1.40 bits per heavy atom. The first-order chi connectivity index (χ1) is 7.33. The Hall–Kier alpha value is -0.650. The summed E-state index contributed by atoms with van der Waals surface area (Å²) in [6.45, 7) is 2.92. The van der Waals surface area contributed by atoms with Crippen molar-refractivity contribution in [2.45, 2.75) is 19.3 Å². The van der Waals surface area contributed by atoms with Crippen molar-refractivity contribution in [1.29, 1.82) is 0 Å². The fraction of sp³-hybridized carbons (Fsp3) is 0.900. The molecule has 15 heavy (non-hydrogen) atoms. The molecule has 0 unspecified atom stereocenters. The van der Waals surface area contributed by atoms with Crippen molar-refractivity contribution in [1.82, 2.24) is 10.8 Å². The van der Waals surface area contributed by atoms with Crippen LogP contribution in [0, 0.1) is 5.92 Å². The van der Waals surface area contributed by atoms with E-state index in [1.807, 2.05) is 0 Å². The summed E-state index contributed by atoms with van der Waals surface area (Å²) in [5.74, 6) is 0.468. The molecule has 1 rings (SSSR count). The van der Waals surface area contributed by atoms with E-state index in [0.29, 0.717) is 25.6 Å². The highest BCUT2D eigenvalue weighted by atomic mass is 16.7. The van der Waals surface area contributed by atoms with E-state index in [2.05, 4.69) is 10.8 Å². The molecule has 0 atom stereocenters. The molecule has 5 nitrogen and oxygen atoms in total. The molecule has 0 radical (unpaired) electrons. The molecule has 2 N–H and O–H groups in total. The SMILES string of the molecule is COCCONC(=O)CC1CCNCC1. The van der Waals surface area contributed by atoms with Crippen LogP contribution in [0.1, 0.15) is 19.3 Å². The Morgan fingerprint density at radius 2 is 2.13 bits per heavy atom. The van der Waals surface area contributed by atoms with Crippen molar-refractivity contribution in [3.05, 3.63) is 0 Å². The van der Waals surface area contributed by atoms with Crippen LogP contribution in [0.4, 0.5) is 0 Å². The molecule has 1 amide bonds. The highest BCUT2D eigenvalue weighted by Crippen LogP contribution is 2.15. The predicted octanol–water partition coefficient (Wildman–Crippen LogP) is 0.0703. The molecule has 5 heteroatoms. The maximum atomic E-state index is 11.4. The lowest BCUT2D eigenvalue weighted by Crippen LogP contribution is -2.32. The van der Waals surface area contributed by atoms with Gasteiger partial charge < -0.3 is 10.1 Å². The number of carbonyl (C=O) groups excluding carboxylic acids is 1. The van der Waals surface area contributed by atoms with Gasteiger partial charge in [0.1, 0.15) is 0 Å². The van der Waals surface area contributed by atoms with E-state index < -0.39 is 0 Å². The lowest BCUT2D eigenvalue weighted by Gasteiger charge is -2.21. The molecule has 0 saturated carbocycles. The van der Waals surface area contributed by atoms with Crippen LogP contribution in [0.25, 0.3) is 0 Å². The molecule has 0 aromatic carbocycles. The lowest BCUT2D eigenvalue weighted by atomic mass is 9.94. The van der Waals surface area contributed by atoms with E-state index in [4.69, 9.17) is 9.57 Å². The number of carbonyl (C=O) groups is 1. The summed E-state index contributed by atoms with van der Waals surface area (Å²) in [7, 11) is 1.60. The number of methoxy groups -OCH3 is 1. The standard InChI is InChI=1S/C10H20N2O3/c1-14-6-7-15-12-10(13)8-9-2-4-11-5-3-9/h9,11H,2-8H2,1H3,(H,12,13). The van der Waals surface area contributed by atoms with Gasteiger partial charge in [-0.2, -0.15) is 0 Å². The summed E-state index contributed by atoms with van der Waals surface area (Å²) in [5, 5.41) is 3.27. The van der Waals surface area contributed by atoms with E-state index in [1.54, 1.807) is 7.11 Å². The van der Waals surface area contributed by atoms with Gasteiger partial charge in [-0.1, -0.05) is 0 Å². The molecule has 0 aliphatic carbocycles. The molecule has 88 valence electrons. The minimum atomic E-state index is -0.0296. The largest absolute Gasteiger partial charge is 0.382 e. The Bertz CT molecular complexity index is 182. The van der Waals surface area contributed by atoms with E-state index in [9.17, 15) is 4.79 Å². The first-order valence-corrected chi connectivity index (χ1v) is 5.43. The van der Waals surface area contributed by atoms with Crippen LogP contribution in [-0.2, 0) is 14.4 Å². The van der Waals surface area contributed by atoms with Gasteiger partial charge in [0.2, 0.25) is 5.91 Å². The van der Waals surface area contributed by atoms with Crippen LogP contribution in [0.15, 0.2) is 0 Å². The normalized spacial score (nSPS) is 17.7. The zero-order valence-corrected chi connectivity index (χ0v) is 9.25. The predicted molar refractivity (Wildman–Crippen MR) is 56.2 cm³/mol. The maximum Gasteiger partial charge on any atom is 0.243 e. The Balaban J connectivity index is 2.01. The second-order valence-electron chi connectivity index (χ2n) is 3.76. The lowest BCUT2D eigenvalue weighted by molar-refractivity contribution is -0.135. The average Bonchev–Trinajstić information content (AvgIpc) is 2.26. The average molecular weight is 216 g/mol. The first kappa shape index (κ1) is 12.4. The van der Waals surface area contributed by atoms with Gasteiger partial charge in [0.05, 0.1) is 13.2 Å². The molecule has 1 fully saturated rings. The fourth-order valence-corrected chi connectivity index (χ4v) is 1.65. The second kappa shape index (κ2) is 7.62. The Kier molecular flexibility index (Phi) is 6.31. The number of piperidine rings is 1. The van der Waals surface area contributed by atoms with Crippen LogP contribution in [0.5, 0.6) is 0 Å². The summed E-state index contributed by atoms with van der Waals surface area (Å²) >= 11 is 0. The molecular formula is C10H20N2O3. The van der Waals surface area contributed by atoms with Crippen molar-refractivity contribution in [2.24, 2.45) is 5.92 Å². The van der Waals surface area contributed by atoms with Crippen molar-refractivity contribution in [3.8, 4) is 0 Å². The number of rotatable bonds is 6. The number of ether oxygens (including phenoxy) is 1. The van der Waals surface area contributed by atoms with Crippen LogP contribution in [0.2, 0.25) is 0 Å². The number of hydroxylamine groups is 1. The number of hydrogen-bond acceptors (Lipinski definition) is 4. The van der Waals surface area contributed by atoms with Gasteiger partial charge >= 0.3 is 0 Å². The zero-order valence-electron chi connectivity index (χ0n) is 9.25. The first-order valence-electron chi connectivity index (χ1n) is 5.43. The molecule has 0 bridgehead atoms. The van der Waals surface area contributed by atoms with Gasteiger partial charge in [-0.3, -0.25) is 9.63 Å². The Labute approximate surface area is 90.5 Å². The van der Waals surface area contributed by atoms with Gasteiger partial charge in [0, 0.05) is 13.5 Å². The number of amides is 1. The summed E-state index contributed by atoms with van der Waals surface area (Å²) in [6, 6.07) is 0. The van der Waals surface area contributed by atoms with Crippen LogP contribution >= 0.6 is 0 Å². The summed E-state index contributed by atoms with van der Waals surface area (Å²) < 4.78 is 4.79. The molecule has 0 spiro atoms. The molecular weight excluding hydrogens is 196 g/mol. The van der Waals surface area contributed by atoms with Crippen molar-refractivity contribution >= 4 is 5.91 Å². The third-order valence-corrected chi connectivity index (χ3v) is 2.51. The monoisotopic (exact) mass is 216 g/mol. The van der Waals surface area contributed by atoms with Crippen LogP contribution < -0.4 is 10.8 Å². The van der Waals surface area contributed by atoms with E-state index in [-0.39, 0.29) is 5.91 Å². The second-order valence-corrected chi connectivity index (χ2v) is 3.76. The third-order valence-electron chi connectivity index (χ3n) is 2.51. The van der Waals surface area contributed by atoms with E-state index in [0.717, 1.165) is 25.9 Å². The zero-order chi connectivity index (χ0) is 10.9. The number of nitrogens with one attached hydrogen (secondary N) is 2. The fourth-order valence-electron chi connectivity index (χ4n) is 1.65. The molecule has 1 heterocycles. The molecule has 0 aromatic heterocycles. The van der Waals surface area contributed by atoms with Gasteiger partial charge in [0.25, 0.3) is 0 Å². The molecule has 1 aliphatic rings. The summed E-state index contributed by atoms with van der Waals surface area (Å²) in [6.07, 6.45) is 2.71. The van der Waals surface area contributed by atoms with Crippen molar-refractivity contribution in [3.63, 3.8) is 0 Å². The van der Waals surface area contributed by atoms with Gasteiger partial charge in [0.15, 0.2) is 0 Å². The summed E-state index contributed by atoms with van der Waals surface area (Å²) in [5.41, 5.74) is 2.43. The van der Waals surface area contributed by atoms with E-state index in [1.165, 1.54) is 0 Å². The van der Waals surface area contributed by atoms with Crippen molar-refractivity contribution in [2.75, 3.05) is 33.4 Å². The van der Waals surface area contributed by atoms with Crippen LogP contribution in [0.3, 0.4) is 0 Å². The minimum absolute atomic E-state index is 0.0296. The molecule has 0 aromatic rings.